The Labute approximate surface area is 120 Å². The van der Waals surface area contributed by atoms with Gasteiger partial charge in [-0.3, -0.25) is 4.79 Å². The predicted molar refractivity (Wildman–Crippen MR) is 77.6 cm³/mol. The van der Waals surface area contributed by atoms with Crippen LogP contribution in [0.5, 0.6) is 0 Å². The van der Waals surface area contributed by atoms with E-state index in [9.17, 15) is 13.2 Å². The number of rotatable bonds is 6. The van der Waals surface area contributed by atoms with Crippen molar-refractivity contribution in [1.82, 2.24) is 9.62 Å². The van der Waals surface area contributed by atoms with E-state index >= 15 is 0 Å². The molecule has 1 rings (SSSR count). The number of nitrogens with zero attached hydrogens (tertiary/aromatic N) is 1. The largest absolute Gasteiger partial charge is 0.355 e. The highest BCUT2D eigenvalue weighted by molar-refractivity contribution is 7.89. The third kappa shape index (κ3) is 3.78. The molecular formula is C13H21N3O3S. The summed E-state index contributed by atoms with van der Waals surface area (Å²) < 4.78 is 25.7. The van der Waals surface area contributed by atoms with E-state index in [0.717, 1.165) is 15.4 Å². The summed E-state index contributed by atoms with van der Waals surface area (Å²) in [6.45, 7) is 4.22. The van der Waals surface area contributed by atoms with Crippen LogP contribution in [0, 0.1) is 6.92 Å². The lowest BCUT2D eigenvalue weighted by molar-refractivity contribution is -0.121. The van der Waals surface area contributed by atoms with Crippen molar-refractivity contribution in [1.29, 1.82) is 0 Å². The number of benzene rings is 1. The second-order valence-electron chi connectivity index (χ2n) is 4.51. The summed E-state index contributed by atoms with van der Waals surface area (Å²) in [4.78, 5) is 11.6. The molecule has 0 aromatic heterocycles. The topological polar surface area (TPSA) is 92.5 Å². The number of aryl methyl sites for hydroxylation is 1. The number of amides is 1. The predicted octanol–water partition coefficient (Wildman–Crippen LogP) is 0.210. The molecule has 0 atom stereocenters. The van der Waals surface area contributed by atoms with Gasteiger partial charge in [-0.1, -0.05) is 6.07 Å². The molecule has 0 aliphatic carbocycles. The highest BCUT2D eigenvalue weighted by atomic mass is 32.2. The van der Waals surface area contributed by atoms with Crippen LogP contribution in [0.2, 0.25) is 0 Å². The SMILES string of the molecule is CCNC(=O)CN(C)S(=O)(=O)c1ccc(CN)c(C)c1. The summed E-state index contributed by atoms with van der Waals surface area (Å²) in [6, 6.07) is 4.78. The van der Waals surface area contributed by atoms with Crippen molar-refractivity contribution in [3.8, 4) is 0 Å². The minimum absolute atomic E-state index is 0.166. The molecule has 0 saturated carbocycles. The highest BCUT2D eigenvalue weighted by Gasteiger charge is 2.23. The smallest absolute Gasteiger partial charge is 0.243 e. The van der Waals surface area contributed by atoms with Crippen LogP contribution in [0.15, 0.2) is 23.1 Å². The molecule has 0 heterocycles. The molecule has 0 radical (unpaired) electrons. The maximum Gasteiger partial charge on any atom is 0.243 e. The van der Waals surface area contributed by atoms with Gasteiger partial charge in [0.1, 0.15) is 0 Å². The molecule has 3 N–H and O–H groups in total. The molecule has 1 aromatic carbocycles. The third-order valence-corrected chi connectivity index (χ3v) is 4.78. The summed E-state index contributed by atoms with van der Waals surface area (Å²) in [5.41, 5.74) is 7.27. The second kappa shape index (κ2) is 6.83. The van der Waals surface area contributed by atoms with E-state index in [-0.39, 0.29) is 17.3 Å². The minimum atomic E-state index is -3.67. The quantitative estimate of drug-likeness (QED) is 0.785. The van der Waals surface area contributed by atoms with Gasteiger partial charge in [0.25, 0.3) is 0 Å². The summed E-state index contributed by atoms with van der Waals surface area (Å²) >= 11 is 0. The van der Waals surface area contributed by atoms with Crippen LogP contribution in [0.25, 0.3) is 0 Å². The Balaban J connectivity index is 2.98. The molecule has 0 aliphatic rings. The van der Waals surface area contributed by atoms with Crippen molar-refractivity contribution in [3.63, 3.8) is 0 Å². The van der Waals surface area contributed by atoms with E-state index in [1.165, 1.54) is 13.1 Å². The Morgan fingerprint density at radius 3 is 2.55 bits per heavy atom. The Bertz CT molecular complexity index is 585. The first kappa shape index (κ1) is 16.6. The van der Waals surface area contributed by atoms with Crippen LogP contribution >= 0.6 is 0 Å². The van der Waals surface area contributed by atoms with Crippen molar-refractivity contribution in [2.75, 3.05) is 20.1 Å². The first-order valence-corrected chi connectivity index (χ1v) is 7.79. The van der Waals surface area contributed by atoms with Gasteiger partial charge >= 0.3 is 0 Å². The van der Waals surface area contributed by atoms with Crippen LogP contribution < -0.4 is 11.1 Å². The molecule has 0 fully saturated rings. The number of carbonyl (C=O) groups is 1. The van der Waals surface area contributed by atoms with Crippen LogP contribution in [-0.2, 0) is 21.4 Å². The van der Waals surface area contributed by atoms with Crippen LogP contribution in [0.1, 0.15) is 18.1 Å². The van der Waals surface area contributed by atoms with E-state index in [4.69, 9.17) is 5.73 Å². The minimum Gasteiger partial charge on any atom is -0.355 e. The fourth-order valence-electron chi connectivity index (χ4n) is 1.78. The van der Waals surface area contributed by atoms with E-state index in [1.807, 2.05) is 6.92 Å². The average molecular weight is 299 g/mol. The summed E-state index contributed by atoms with van der Waals surface area (Å²) in [7, 11) is -2.28. The zero-order valence-corrected chi connectivity index (χ0v) is 12.8. The Morgan fingerprint density at radius 1 is 1.40 bits per heavy atom. The zero-order chi connectivity index (χ0) is 15.3. The first-order valence-electron chi connectivity index (χ1n) is 6.35. The van der Waals surface area contributed by atoms with Gasteiger partial charge in [-0.05, 0) is 37.1 Å². The van der Waals surface area contributed by atoms with Gasteiger partial charge in [0, 0.05) is 20.1 Å². The van der Waals surface area contributed by atoms with Gasteiger partial charge in [-0.25, -0.2) is 8.42 Å². The molecule has 112 valence electrons. The van der Waals surface area contributed by atoms with Crippen molar-refractivity contribution < 1.29 is 13.2 Å². The molecule has 0 aliphatic heterocycles. The third-order valence-electron chi connectivity index (χ3n) is 2.98. The monoisotopic (exact) mass is 299 g/mol. The van der Waals surface area contributed by atoms with Gasteiger partial charge < -0.3 is 11.1 Å². The lowest BCUT2D eigenvalue weighted by Gasteiger charge is -2.17. The van der Waals surface area contributed by atoms with E-state index in [0.29, 0.717) is 13.1 Å². The van der Waals surface area contributed by atoms with Gasteiger partial charge in [-0.15, -0.1) is 0 Å². The van der Waals surface area contributed by atoms with Crippen molar-refractivity contribution >= 4 is 15.9 Å². The Kier molecular flexibility index (Phi) is 5.67. The molecule has 20 heavy (non-hydrogen) atoms. The lowest BCUT2D eigenvalue weighted by atomic mass is 10.1. The molecule has 0 bridgehead atoms. The van der Waals surface area contributed by atoms with Crippen LogP contribution in [-0.4, -0.2) is 38.8 Å². The van der Waals surface area contributed by atoms with E-state index in [1.54, 1.807) is 19.1 Å². The number of nitrogens with one attached hydrogen (secondary N) is 1. The van der Waals surface area contributed by atoms with Crippen molar-refractivity contribution in [3.05, 3.63) is 29.3 Å². The van der Waals surface area contributed by atoms with Crippen molar-refractivity contribution in [2.24, 2.45) is 5.73 Å². The molecule has 0 saturated heterocycles. The van der Waals surface area contributed by atoms with E-state index < -0.39 is 10.0 Å². The van der Waals surface area contributed by atoms with Gasteiger partial charge in [0.05, 0.1) is 11.4 Å². The molecule has 6 nitrogen and oxygen atoms in total. The number of hydrogen-bond donors (Lipinski definition) is 2. The van der Waals surface area contributed by atoms with Crippen molar-refractivity contribution in [2.45, 2.75) is 25.3 Å². The standard InChI is InChI=1S/C13H21N3O3S/c1-4-15-13(17)9-16(3)20(18,19)12-6-5-11(8-14)10(2)7-12/h5-7H,4,8-9,14H2,1-3H3,(H,15,17). The summed E-state index contributed by atoms with van der Waals surface area (Å²) in [5, 5.41) is 2.57. The molecule has 0 spiro atoms. The maximum absolute atomic E-state index is 12.3. The summed E-state index contributed by atoms with van der Waals surface area (Å²) in [6.07, 6.45) is 0. The maximum atomic E-state index is 12.3. The number of hydrogen-bond acceptors (Lipinski definition) is 4. The fourth-order valence-corrected chi connectivity index (χ4v) is 2.99. The van der Waals surface area contributed by atoms with Gasteiger partial charge in [-0.2, -0.15) is 4.31 Å². The van der Waals surface area contributed by atoms with Crippen LogP contribution in [0.4, 0.5) is 0 Å². The molecule has 7 heteroatoms. The second-order valence-corrected chi connectivity index (χ2v) is 6.55. The van der Waals surface area contributed by atoms with Gasteiger partial charge in [0.15, 0.2) is 0 Å². The van der Waals surface area contributed by atoms with E-state index in [2.05, 4.69) is 5.32 Å². The Hall–Kier alpha value is -1.44. The fraction of sp³-hybridized carbons (Fsp3) is 0.462. The lowest BCUT2D eigenvalue weighted by Crippen LogP contribution is -2.38. The molecule has 1 amide bonds. The zero-order valence-electron chi connectivity index (χ0n) is 12.0. The number of carbonyl (C=O) groups excluding carboxylic acids is 1. The summed E-state index contributed by atoms with van der Waals surface area (Å²) in [5.74, 6) is -0.325. The number of nitrogens with two attached hydrogens (primary N) is 1. The normalized spacial score (nSPS) is 11.7. The average Bonchev–Trinajstić information content (AvgIpc) is 2.38. The Morgan fingerprint density at radius 2 is 2.05 bits per heavy atom. The number of likely N-dealkylation sites (N-methyl/N-ethyl adjacent to an activating group) is 2. The molecule has 1 aromatic rings. The number of sulfonamides is 1. The molecule has 0 unspecified atom stereocenters. The highest BCUT2D eigenvalue weighted by Crippen LogP contribution is 2.18. The van der Waals surface area contributed by atoms with Crippen LogP contribution in [0.3, 0.4) is 0 Å². The first-order chi connectivity index (χ1) is 9.32. The van der Waals surface area contributed by atoms with Gasteiger partial charge in [0.2, 0.25) is 15.9 Å². The molecular weight excluding hydrogens is 278 g/mol.